The zero-order valence-corrected chi connectivity index (χ0v) is 15.6. The number of ether oxygens (including phenoxy) is 3. The molecular formula is C20H27N3O3. The Morgan fingerprint density at radius 2 is 1.65 bits per heavy atom. The first-order chi connectivity index (χ1) is 12.7. The fourth-order valence-electron chi connectivity index (χ4n) is 2.69. The van der Waals surface area contributed by atoms with Crippen molar-refractivity contribution in [3.8, 4) is 17.2 Å². The third-order valence-corrected chi connectivity index (χ3v) is 4.01. The van der Waals surface area contributed by atoms with Crippen molar-refractivity contribution in [2.75, 3.05) is 34.4 Å². The Morgan fingerprint density at radius 3 is 2.31 bits per heavy atom. The molecule has 6 nitrogen and oxygen atoms in total. The van der Waals surface area contributed by atoms with Crippen LogP contribution in [0.2, 0.25) is 0 Å². The predicted octanol–water partition coefficient (Wildman–Crippen LogP) is 2.40. The molecule has 0 aromatic heterocycles. The Bertz CT molecular complexity index is 718. The Hall–Kier alpha value is -2.89. The van der Waals surface area contributed by atoms with Crippen molar-refractivity contribution < 1.29 is 14.2 Å². The minimum atomic E-state index is 0.445. The number of nitrogens with two attached hydrogens (primary N) is 1. The topological polar surface area (TPSA) is 78.1 Å². The Balaban J connectivity index is 1.88. The van der Waals surface area contributed by atoms with Crippen LogP contribution in [0.15, 0.2) is 47.5 Å². The highest BCUT2D eigenvalue weighted by molar-refractivity contribution is 5.77. The van der Waals surface area contributed by atoms with Crippen molar-refractivity contribution in [1.82, 2.24) is 5.32 Å². The highest BCUT2D eigenvalue weighted by atomic mass is 16.5. The van der Waals surface area contributed by atoms with E-state index >= 15 is 0 Å². The monoisotopic (exact) mass is 357 g/mol. The van der Waals surface area contributed by atoms with Gasteiger partial charge in [-0.2, -0.15) is 0 Å². The quantitative estimate of drug-likeness (QED) is 0.532. The fraction of sp³-hybridized carbons (Fsp3) is 0.350. The van der Waals surface area contributed by atoms with Gasteiger partial charge in [0, 0.05) is 18.7 Å². The second kappa shape index (κ2) is 10.2. The van der Waals surface area contributed by atoms with Gasteiger partial charge in [-0.3, -0.25) is 4.99 Å². The molecule has 2 aromatic carbocycles. The Kier molecular flexibility index (Phi) is 7.61. The molecule has 140 valence electrons. The number of nitrogens with zero attached hydrogens (tertiary/aromatic N) is 1. The van der Waals surface area contributed by atoms with Crippen LogP contribution in [0.3, 0.4) is 0 Å². The number of hydrogen-bond acceptors (Lipinski definition) is 4. The van der Waals surface area contributed by atoms with Crippen molar-refractivity contribution >= 4 is 5.96 Å². The van der Waals surface area contributed by atoms with Crippen LogP contribution in [-0.2, 0) is 12.8 Å². The summed E-state index contributed by atoms with van der Waals surface area (Å²) in [7, 11) is 4.81. The van der Waals surface area contributed by atoms with Crippen molar-refractivity contribution in [3.63, 3.8) is 0 Å². The molecule has 0 aliphatic rings. The van der Waals surface area contributed by atoms with E-state index in [2.05, 4.69) is 22.4 Å². The van der Waals surface area contributed by atoms with Crippen molar-refractivity contribution in [3.05, 3.63) is 53.6 Å². The first kappa shape index (κ1) is 19.4. The zero-order chi connectivity index (χ0) is 18.8. The van der Waals surface area contributed by atoms with Crippen molar-refractivity contribution in [1.29, 1.82) is 0 Å². The molecule has 0 aliphatic heterocycles. The standard InChI is InChI=1S/C20H27N3O3/c1-24-17-10-9-16(18(25-2)19(17)26-3)12-14-23-20(21)22-13-11-15-7-5-4-6-8-15/h4-10H,11-14H2,1-3H3,(H3,21,22,23). The maximum Gasteiger partial charge on any atom is 0.203 e. The smallest absolute Gasteiger partial charge is 0.203 e. The number of nitrogens with one attached hydrogen (secondary N) is 1. The maximum absolute atomic E-state index is 5.94. The minimum absolute atomic E-state index is 0.445. The van der Waals surface area contributed by atoms with Crippen LogP contribution in [0, 0.1) is 0 Å². The second-order valence-corrected chi connectivity index (χ2v) is 5.67. The van der Waals surface area contributed by atoms with Gasteiger partial charge in [-0.25, -0.2) is 0 Å². The number of benzene rings is 2. The summed E-state index contributed by atoms with van der Waals surface area (Å²) in [5.74, 6) is 2.34. The molecule has 0 bridgehead atoms. The molecule has 0 spiro atoms. The normalized spacial score (nSPS) is 11.1. The molecule has 2 rings (SSSR count). The first-order valence-corrected chi connectivity index (χ1v) is 8.55. The minimum Gasteiger partial charge on any atom is -0.493 e. The zero-order valence-electron chi connectivity index (χ0n) is 15.6. The van der Waals surface area contributed by atoms with E-state index < -0.39 is 0 Å². The largest absolute Gasteiger partial charge is 0.493 e. The second-order valence-electron chi connectivity index (χ2n) is 5.67. The van der Waals surface area contributed by atoms with Gasteiger partial charge in [0.15, 0.2) is 17.5 Å². The van der Waals surface area contributed by atoms with Gasteiger partial charge in [0.1, 0.15) is 0 Å². The fourth-order valence-corrected chi connectivity index (χ4v) is 2.69. The lowest BCUT2D eigenvalue weighted by molar-refractivity contribution is 0.322. The van der Waals surface area contributed by atoms with E-state index in [4.69, 9.17) is 19.9 Å². The molecule has 0 saturated heterocycles. The molecule has 6 heteroatoms. The lowest BCUT2D eigenvalue weighted by atomic mass is 10.1. The molecule has 0 heterocycles. The van der Waals surface area contributed by atoms with Crippen LogP contribution in [0.5, 0.6) is 17.2 Å². The van der Waals surface area contributed by atoms with E-state index in [1.54, 1.807) is 21.3 Å². The highest BCUT2D eigenvalue weighted by Gasteiger charge is 2.15. The van der Waals surface area contributed by atoms with Gasteiger partial charge in [0.2, 0.25) is 5.75 Å². The average molecular weight is 357 g/mol. The van der Waals surface area contributed by atoms with E-state index in [1.165, 1.54) is 5.56 Å². The van der Waals surface area contributed by atoms with Gasteiger partial charge in [-0.15, -0.1) is 0 Å². The molecule has 0 radical (unpaired) electrons. The molecule has 0 unspecified atom stereocenters. The third kappa shape index (κ3) is 5.31. The number of methoxy groups -OCH3 is 3. The summed E-state index contributed by atoms with van der Waals surface area (Å²) in [5.41, 5.74) is 8.20. The van der Waals surface area contributed by atoms with Gasteiger partial charge in [0.25, 0.3) is 0 Å². The van der Waals surface area contributed by atoms with Crippen LogP contribution in [0.25, 0.3) is 0 Å². The molecule has 0 fully saturated rings. The molecule has 2 aromatic rings. The van der Waals surface area contributed by atoms with E-state index in [-0.39, 0.29) is 0 Å². The summed E-state index contributed by atoms with van der Waals surface area (Å²) in [5, 5.41) is 3.14. The van der Waals surface area contributed by atoms with Gasteiger partial charge in [0.05, 0.1) is 21.3 Å². The molecule has 0 aliphatic carbocycles. The number of aliphatic imine (C=N–C) groups is 1. The number of guanidine groups is 1. The highest BCUT2D eigenvalue weighted by Crippen LogP contribution is 2.39. The summed E-state index contributed by atoms with van der Waals surface area (Å²) in [6.45, 7) is 1.30. The summed E-state index contributed by atoms with van der Waals surface area (Å²) in [6, 6.07) is 14.1. The van der Waals surface area contributed by atoms with Gasteiger partial charge < -0.3 is 25.3 Å². The molecule has 26 heavy (non-hydrogen) atoms. The summed E-state index contributed by atoms with van der Waals surface area (Å²) in [4.78, 5) is 4.38. The van der Waals surface area contributed by atoms with Crippen LogP contribution in [0.4, 0.5) is 0 Å². The molecule has 3 N–H and O–H groups in total. The molecule has 0 amide bonds. The van der Waals surface area contributed by atoms with E-state index in [9.17, 15) is 0 Å². The van der Waals surface area contributed by atoms with E-state index in [0.29, 0.717) is 36.2 Å². The summed E-state index contributed by atoms with van der Waals surface area (Å²) < 4.78 is 16.2. The average Bonchev–Trinajstić information content (AvgIpc) is 2.68. The van der Waals surface area contributed by atoms with E-state index in [0.717, 1.165) is 18.5 Å². The first-order valence-electron chi connectivity index (χ1n) is 8.55. The number of hydrogen-bond donors (Lipinski definition) is 2. The summed E-state index contributed by atoms with van der Waals surface area (Å²) >= 11 is 0. The molecule has 0 saturated carbocycles. The third-order valence-electron chi connectivity index (χ3n) is 4.01. The Morgan fingerprint density at radius 1 is 0.923 bits per heavy atom. The molecule has 0 atom stereocenters. The van der Waals surface area contributed by atoms with Crippen LogP contribution in [0.1, 0.15) is 11.1 Å². The van der Waals surface area contributed by atoms with Gasteiger partial charge in [-0.05, 0) is 24.5 Å². The van der Waals surface area contributed by atoms with E-state index in [1.807, 2.05) is 30.3 Å². The van der Waals surface area contributed by atoms with Crippen LogP contribution in [-0.4, -0.2) is 40.4 Å². The SMILES string of the molecule is COc1ccc(CCN=C(N)NCCc2ccccc2)c(OC)c1OC. The lowest BCUT2D eigenvalue weighted by Crippen LogP contribution is -2.33. The van der Waals surface area contributed by atoms with Gasteiger partial charge >= 0.3 is 0 Å². The predicted molar refractivity (Wildman–Crippen MR) is 104 cm³/mol. The maximum atomic E-state index is 5.94. The van der Waals surface area contributed by atoms with Crippen molar-refractivity contribution in [2.45, 2.75) is 12.8 Å². The lowest BCUT2D eigenvalue weighted by Gasteiger charge is -2.15. The molecular weight excluding hydrogens is 330 g/mol. The number of rotatable bonds is 9. The summed E-state index contributed by atoms with van der Waals surface area (Å²) in [6.07, 6.45) is 1.59. The van der Waals surface area contributed by atoms with Crippen LogP contribution >= 0.6 is 0 Å². The van der Waals surface area contributed by atoms with Crippen molar-refractivity contribution in [2.24, 2.45) is 10.7 Å². The van der Waals surface area contributed by atoms with Crippen LogP contribution < -0.4 is 25.3 Å². The Labute approximate surface area is 155 Å². The van der Waals surface area contributed by atoms with Gasteiger partial charge in [-0.1, -0.05) is 36.4 Å².